The molecular weight excluding hydrogens is 276 g/mol. The van der Waals surface area contributed by atoms with E-state index in [2.05, 4.69) is 67.1 Å². The molecule has 1 aromatic carbocycles. The number of rotatable bonds is 8. The predicted molar refractivity (Wildman–Crippen MR) is 95.0 cm³/mol. The average Bonchev–Trinajstić information content (AvgIpc) is 2.54. The summed E-state index contributed by atoms with van der Waals surface area (Å²) in [6, 6.07) is 9.06. The van der Waals surface area contributed by atoms with E-state index < -0.39 is 0 Å². The summed E-state index contributed by atoms with van der Waals surface area (Å²) < 4.78 is 0. The highest BCUT2D eigenvalue weighted by Gasteiger charge is 2.15. The standard InChI is InChI=1S/C18H26N2S/c1-4-10-20-18(13-21-14(3)5-2)16-8-6-7-15-9-11-19-12-17(15)16/h6-9,11-12,14,18,20H,4-5,10,13H2,1-3H3. The third-order valence-corrected chi connectivity index (χ3v) is 5.28. The summed E-state index contributed by atoms with van der Waals surface area (Å²) in [5.74, 6) is 1.11. The molecule has 2 unspecified atom stereocenters. The maximum absolute atomic E-state index is 4.31. The Morgan fingerprint density at radius 1 is 1.24 bits per heavy atom. The molecule has 114 valence electrons. The smallest absolute Gasteiger partial charge is 0.0418 e. The molecule has 2 aromatic rings. The van der Waals surface area contributed by atoms with Crippen molar-refractivity contribution in [2.45, 2.75) is 44.9 Å². The van der Waals surface area contributed by atoms with Gasteiger partial charge in [0.2, 0.25) is 0 Å². The van der Waals surface area contributed by atoms with Gasteiger partial charge in [-0.3, -0.25) is 4.98 Å². The van der Waals surface area contributed by atoms with Crippen molar-refractivity contribution in [1.29, 1.82) is 0 Å². The van der Waals surface area contributed by atoms with Gasteiger partial charge in [0, 0.05) is 34.8 Å². The SMILES string of the molecule is CCCNC(CSC(C)CC)c1cccc2ccncc12. The molecule has 0 saturated heterocycles. The summed E-state index contributed by atoms with van der Waals surface area (Å²) in [7, 11) is 0. The molecule has 21 heavy (non-hydrogen) atoms. The lowest BCUT2D eigenvalue weighted by atomic mass is 10.0. The third-order valence-electron chi connectivity index (χ3n) is 3.86. The van der Waals surface area contributed by atoms with E-state index in [1.165, 1.54) is 22.8 Å². The normalized spacial score (nSPS) is 14.2. The largest absolute Gasteiger partial charge is 0.309 e. The van der Waals surface area contributed by atoms with Gasteiger partial charge < -0.3 is 5.32 Å². The van der Waals surface area contributed by atoms with E-state index in [1.54, 1.807) is 0 Å². The van der Waals surface area contributed by atoms with Crippen molar-refractivity contribution in [3.63, 3.8) is 0 Å². The number of thioether (sulfide) groups is 1. The summed E-state index contributed by atoms with van der Waals surface area (Å²) in [6.07, 6.45) is 6.25. The summed E-state index contributed by atoms with van der Waals surface area (Å²) in [5, 5.41) is 6.97. The zero-order valence-electron chi connectivity index (χ0n) is 13.3. The van der Waals surface area contributed by atoms with E-state index in [1.807, 2.05) is 12.4 Å². The summed E-state index contributed by atoms with van der Waals surface area (Å²) in [5.41, 5.74) is 1.38. The first-order valence-electron chi connectivity index (χ1n) is 7.93. The highest BCUT2D eigenvalue weighted by molar-refractivity contribution is 7.99. The van der Waals surface area contributed by atoms with Crippen molar-refractivity contribution in [2.24, 2.45) is 0 Å². The minimum absolute atomic E-state index is 0.400. The van der Waals surface area contributed by atoms with E-state index in [-0.39, 0.29) is 0 Å². The lowest BCUT2D eigenvalue weighted by molar-refractivity contribution is 0.579. The molecule has 2 atom stereocenters. The summed E-state index contributed by atoms with van der Waals surface area (Å²) in [6.45, 7) is 7.85. The van der Waals surface area contributed by atoms with Crippen LogP contribution in [0.4, 0.5) is 0 Å². The lowest BCUT2D eigenvalue weighted by Gasteiger charge is -2.22. The van der Waals surface area contributed by atoms with Crippen LogP contribution in [0.2, 0.25) is 0 Å². The Kier molecular flexibility index (Phi) is 6.52. The van der Waals surface area contributed by atoms with Crippen molar-refractivity contribution in [2.75, 3.05) is 12.3 Å². The summed E-state index contributed by atoms with van der Waals surface area (Å²) >= 11 is 2.06. The Balaban J connectivity index is 2.25. The van der Waals surface area contributed by atoms with Gasteiger partial charge in [0.15, 0.2) is 0 Å². The number of aromatic nitrogens is 1. The zero-order valence-corrected chi connectivity index (χ0v) is 14.1. The summed E-state index contributed by atoms with van der Waals surface area (Å²) in [4.78, 5) is 4.31. The molecule has 0 aliphatic heterocycles. The molecule has 0 aliphatic rings. The van der Waals surface area contributed by atoms with Crippen molar-refractivity contribution >= 4 is 22.5 Å². The molecule has 0 bridgehead atoms. The molecule has 0 amide bonds. The fraction of sp³-hybridized carbons (Fsp3) is 0.500. The van der Waals surface area contributed by atoms with E-state index >= 15 is 0 Å². The number of nitrogens with one attached hydrogen (secondary N) is 1. The highest BCUT2D eigenvalue weighted by Crippen LogP contribution is 2.28. The Labute approximate surface area is 132 Å². The van der Waals surface area contributed by atoms with Gasteiger partial charge in [-0.1, -0.05) is 39.0 Å². The van der Waals surface area contributed by atoms with Crippen LogP contribution >= 0.6 is 11.8 Å². The van der Waals surface area contributed by atoms with Gasteiger partial charge in [0.25, 0.3) is 0 Å². The number of benzene rings is 1. The molecule has 1 heterocycles. The molecule has 2 nitrogen and oxygen atoms in total. The Morgan fingerprint density at radius 3 is 2.86 bits per heavy atom. The van der Waals surface area contributed by atoms with Crippen LogP contribution in [0.3, 0.4) is 0 Å². The molecule has 0 spiro atoms. The van der Waals surface area contributed by atoms with Crippen LogP contribution in [0.25, 0.3) is 10.8 Å². The fourth-order valence-electron chi connectivity index (χ4n) is 2.40. The number of fused-ring (bicyclic) bond motifs is 1. The first-order chi connectivity index (χ1) is 10.3. The van der Waals surface area contributed by atoms with Crippen LogP contribution in [0.5, 0.6) is 0 Å². The molecular formula is C18H26N2S. The van der Waals surface area contributed by atoms with Gasteiger partial charge in [0.05, 0.1) is 0 Å². The maximum Gasteiger partial charge on any atom is 0.0418 e. The maximum atomic E-state index is 4.31. The molecule has 0 aliphatic carbocycles. The molecule has 1 N–H and O–H groups in total. The van der Waals surface area contributed by atoms with Gasteiger partial charge in [-0.25, -0.2) is 0 Å². The van der Waals surface area contributed by atoms with Crippen LogP contribution in [-0.4, -0.2) is 22.5 Å². The molecule has 2 rings (SSSR count). The Bertz CT molecular complexity index is 550. The predicted octanol–water partition coefficient (Wildman–Crippen LogP) is 4.81. The number of nitrogens with zero attached hydrogens (tertiary/aromatic N) is 1. The molecule has 1 aromatic heterocycles. The van der Waals surface area contributed by atoms with E-state index in [0.717, 1.165) is 18.7 Å². The molecule has 0 saturated carbocycles. The number of hydrogen-bond donors (Lipinski definition) is 1. The zero-order chi connectivity index (χ0) is 15.1. The van der Waals surface area contributed by atoms with Gasteiger partial charge in [-0.15, -0.1) is 0 Å². The van der Waals surface area contributed by atoms with Gasteiger partial charge in [0.1, 0.15) is 0 Å². The van der Waals surface area contributed by atoms with Crippen molar-refractivity contribution in [3.8, 4) is 0 Å². The Hall–Kier alpha value is -1.06. The fourth-order valence-corrected chi connectivity index (χ4v) is 3.45. The lowest BCUT2D eigenvalue weighted by Crippen LogP contribution is -2.25. The second-order valence-electron chi connectivity index (χ2n) is 5.50. The monoisotopic (exact) mass is 302 g/mol. The minimum Gasteiger partial charge on any atom is -0.309 e. The van der Waals surface area contributed by atoms with Gasteiger partial charge in [-0.2, -0.15) is 11.8 Å². The molecule has 0 fully saturated rings. The van der Waals surface area contributed by atoms with Crippen LogP contribution in [0.15, 0.2) is 36.7 Å². The second kappa shape index (κ2) is 8.40. The Morgan fingerprint density at radius 2 is 2.10 bits per heavy atom. The quantitative estimate of drug-likeness (QED) is 0.757. The van der Waals surface area contributed by atoms with Crippen LogP contribution in [0, 0.1) is 0 Å². The van der Waals surface area contributed by atoms with Gasteiger partial charge in [-0.05, 0) is 36.4 Å². The van der Waals surface area contributed by atoms with Gasteiger partial charge >= 0.3 is 0 Å². The average molecular weight is 302 g/mol. The molecule has 3 heteroatoms. The minimum atomic E-state index is 0.400. The highest BCUT2D eigenvalue weighted by atomic mass is 32.2. The van der Waals surface area contributed by atoms with Crippen molar-refractivity contribution < 1.29 is 0 Å². The van der Waals surface area contributed by atoms with E-state index in [9.17, 15) is 0 Å². The third kappa shape index (κ3) is 4.45. The van der Waals surface area contributed by atoms with Crippen LogP contribution < -0.4 is 5.32 Å². The van der Waals surface area contributed by atoms with E-state index in [0.29, 0.717) is 11.3 Å². The van der Waals surface area contributed by atoms with Crippen LogP contribution in [-0.2, 0) is 0 Å². The topological polar surface area (TPSA) is 24.9 Å². The molecule has 0 radical (unpaired) electrons. The van der Waals surface area contributed by atoms with E-state index in [4.69, 9.17) is 0 Å². The second-order valence-corrected chi connectivity index (χ2v) is 6.97. The first kappa shape index (κ1) is 16.3. The first-order valence-corrected chi connectivity index (χ1v) is 8.98. The van der Waals surface area contributed by atoms with Crippen molar-refractivity contribution in [3.05, 3.63) is 42.2 Å². The van der Waals surface area contributed by atoms with Crippen molar-refractivity contribution in [1.82, 2.24) is 10.3 Å². The number of pyridine rings is 1. The number of hydrogen-bond acceptors (Lipinski definition) is 3. The van der Waals surface area contributed by atoms with Crippen LogP contribution in [0.1, 0.15) is 45.2 Å².